The molecule has 1 aromatic heterocycles. The third-order valence-electron chi connectivity index (χ3n) is 3.49. The van der Waals surface area contributed by atoms with Gasteiger partial charge >= 0.3 is 0 Å². The van der Waals surface area contributed by atoms with Crippen molar-refractivity contribution in [1.29, 1.82) is 0 Å². The van der Waals surface area contributed by atoms with Gasteiger partial charge in [0.15, 0.2) is 0 Å². The van der Waals surface area contributed by atoms with E-state index in [1.807, 2.05) is 12.3 Å². The first kappa shape index (κ1) is 16.0. The van der Waals surface area contributed by atoms with Crippen molar-refractivity contribution in [3.63, 3.8) is 0 Å². The Bertz CT molecular complexity index is 542. The van der Waals surface area contributed by atoms with Crippen molar-refractivity contribution in [3.05, 3.63) is 18.5 Å². The van der Waals surface area contributed by atoms with Gasteiger partial charge in [0, 0.05) is 38.0 Å². The Kier molecular flexibility index (Phi) is 5.81. The Hall–Kier alpha value is -1.34. The number of piperazine rings is 1. The van der Waals surface area contributed by atoms with E-state index in [1.54, 1.807) is 13.1 Å². The third kappa shape index (κ3) is 5.17. The van der Waals surface area contributed by atoms with Crippen LogP contribution >= 0.6 is 0 Å². The van der Waals surface area contributed by atoms with Gasteiger partial charge in [-0.2, -0.15) is 0 Å². The molecule has 1 aliphatic rings. The summed E-state index contributed by atoms with van der Waals surface area (Å²) in [7, 11) is -2.91. The number of ether oxygens (including phenoxy) is 1. The molecule has 0 unspecified atom stereocenters. The second-order valence-corrected chi connectivity index (χ2v) is 7.53. The maximum absolute atomic E-state index is 11.4. The first-order valence-electron chi connectivity index (χ1n) is 7.34. The fraction of sp³-hybridized carbons (Fsp3) is 0.643. The fourth-order valence-corrected chi connectivity index (χ4v) is 3.04. The zero-order valence-electron chi connectivity index (χ0n) is 12.4. The molecule has 1 N–H and O–H groups in total. The first-order chi connectivity index (χ1) is 10.1. The Morgan fingerprint density at radius 1 is 1.33 bits per heavy atom. The minimum Gasteiger partial charge on any atom is -0.492 e. The molecule has 0 saturated carbocycles. The highest BCUT2D eigenvalue weighted by atomic mass is 32.2. The standard InChI is InChI=1S/C14H23N3O3S/c1-2-21(18,19)9-3-8-20-14-10-13(11-16-12-14)17-6-4-15-5-7-17/h10-12,15H,2-9H2,1H3. The number of hydrogen-bond donors (Lipinski definition) is 1. The van der Waals surface area contributed by atoms with Gasteiger partial charge in [0.05, 0.1) is 30.4 Å². The molecule has 0 aliphatic carbocycles. The van der Waals surface area contributed by atoms with Crippen LogP contribution in [0.25, 0.3) is 0 Å². The van der Waals surface area contributed by atoms with Gasteiger partial charge in [0.2, 0.25) is 0 Å². The molecule has 1 saturated heterocycles. The SMILES string of the molecule is CCS(=O)(=O)CCCOc1cncc(N2CCNCC2)c1. The lowest BCUT2D eigenvalue weighted by Crippen LogP contribution is -2.43. The second kappa shape index (κ2) is 7.61. The van der Waals surface area contributed by atoms with E-state index in [4.69, 9.17) is 4.74 Å². The smallest absolute Gasteiger partial charge is 0.150 e. The summed E-state index contributed by atoms with van der Waals surface area (Å²) in [4.78, 5) is 6.46. The lowest BCUT2D eigenvalue weighted by molar-refractivity contribution is 0.316. The molecular formula is C14H23N3O3S. The van der Waals surface area contributed by atoms with Crippen molar-refractivity contribution >= 4 is 15.5 Å². The van der Waals surface area contributed by atoms with E-state index in [9.17, 15) is 8.42 Å². The van der Waals surface area contributed by atoms with Crippen molar-refractivity contribution in [3.8, 4) is 5.75 Å². The van der Waals surface area contributed by atoms with Gasteiger partial charge in [-0.25, -0.2) is 8.42 Å². The molecule has 0 bridgehead atoms. The number of anilines is 1. The maximum Gasteiger partial charge on any atom is 0.150 e. The average Bonchev–Trinajstić information content (AvgIpc) is 2.53. The largest absolute Gasteiger partial charge is 0.492 e. The molecule has 1 aliphatic heterocycles. The van der Waals surface area contributed by atoms with Gasteiger partial charge in [-0.05, 0) is 6.42 Å². The van der Waals surface area contributed by atoms with Crippen LogP contribution in [-0.4, -0.2) is 57.7 Å². The highest BCUT2D eigenvalue weighted by Gasteiger charge is 2.11. The van der Waals surface area contributed by atoms with Gasteiger partial charge in [0.1, 0.15) is 15.6 Å². The molecular weight excluding hydrogens is 290 g/mol. The van der Waals surface area contributed by atoms with Crippen LogP contribution < -0.4 is 15.0 Å². The predicted octanol–water partition coefficient (Wildman–Crippen LogP) is 0.695. The van der Waals surface area contributed by atoms with Gasteiger partial charge < -0.3 is 15.0 Å². The van der Waals surface area contributed by atoms with E-state index in [1.165, 1.54) is 0 Å². The average molecular weight is 313 g/mol. The van der Waals surface area contributed by atoms with Crippen LogP contribution in [0.1, 0.15) is 13.3 Å². The van der Waals surface area contributed by atoms with Crippen LogP contribution in [0.5, 0.6) is 5.75 Å². The van der Waals surface area contributed by atoms with Crippen molar-refractivity contribution in [2.24, 2.45) is 0 Å². The molecule has 1 aromatic rings. The Morgan fingerprint density at radius 2 is 2.10 bits per heavy atom. The molecule has 0 atom stereocenters. The third-order valence-corrected chi connectivity index (χ3v) is 5.28. The summed E-state index contributed by atoms with van der Waals surface area (Å²) in [5, 5.41) is 3.31. The summed E-state index contributed by atoms with van der Waals surface area (Å²) in [6.45, 7) is 5.92. The van der Waals surface area contributed by atoms with E-state index < -0.39 is 9.84 Å². The van der Waals surface area contributed by atoms with Crippen LogP contribution in [0, 0.1) is 0 Å². The number of nitrogens with one attached hydrogen (secondary N) is 1. The Morgan fingerprint density at radius 3 is 2.81 bits per heavy atom. The van der Waals surface area contributed by atoms with E-state index in [2.05, 4.69) is 15.2 Å². The van der Waals surface area contributed by atoms with Crippen molar-refractivity contribution in [2.75, 3.05) is 49.2 Å². The highest BCUT2D eigenvalue weighted by molar-refractivity contribution is 7.91. The topological polar surface area (TPSA) is 71.5 Å². The minimum absolute atomic E-state index is 0.175. The number of hydrogen-bond acceptors (Lipinski definition) is 6. The van der Waals surface area contributed by atoms with Crippen LogP contribution in [-0.2, 0) is 9.84 Å². The fourth-order valence-electron chi connectivity index (χ4n) is 2.20. The van der Waals surface area contributed by atoms with Gasteiger partial charge in [-0.3, -0.25) is 4.98 Å². The Labute approximate surface area is 126 Å². The zero-order chi connectivity index (χ0) is 15.1. The zero-order valence-corrected chi connectivity index (χ0v) is 13.2. The summed E-state index contributed by atoms with van der Waals surface area (Å²) in [6.07, 6.45) is 4.01. The highest BCUT2D eigenvalue weighted by Crippen LogP contribution is 2.20. The number of pyridine rings is 1. The van der Waals surface area contributed by atoms with Crippen LogP contribution in [0.15, 0.2) is 18.5 Å². The first-order valence-corrected chi connectivity index (χ1v) is 9.17. The van der Waals surface area contributed by atoms with E-state index in [-0.39, 0.29) is 11.5 Å². The van der Waals surface area contributed by atoms with Crippen molar-refractivity contribution in [1.82, 2.24) is 10.3 Å². The molecule has 118 valence electrons. The number of rotatable bonds is 7. The summed E-state index contributed by atoms with van der Waals surface area (Å²) in [5.41, 5.74) is 1.05. The molecule has 0 aromatic carbocycles. The number of aromatic nitrogens is 1. The molecule has 21 heavy (non-hydrogen) atoms. The van der Waals surface area contributed by atoms with Crippen molar-refractivity contribution < 1.29 is 13.2 Å². The molecule has 7 heteroatoms. The van der Waals surface area contributed by atoms with Crippen LogP contribution in [0.3, 0.4) is 0 Å². The molecule has 0 spiro atoms. The van der Waals surface area contributed by atoms with E-state index in [0.717, 1.165) is 31.9 Å². The molecule has 6 nitrogen and oxygen atoms in total. The van der Waals surface area contributed by atoms with Gasteiger partial charge in [0.25, 0.3) is 0 Å². The lowest BCUT2D eigenvalue weighted by Gasteiger charge is -2.29. The summed E-state index contributed by atoms with van der Waals surface area (Å²) < 4.78 is 28.4. The summed E-state index contributed by atoms with van der Waals surface area (Å²) in [5.74, 6) is 1.06. The normalized spacial score (nSPS) is 16.0. The van der Waals surface area contributed by atoms with Crippen molar-refractivity contribution in [2.45, 2.75) is 13.3 Å². The monoisotopic (exact) mass is 313 g/mol. The van der Waals surface area contributed by atoms with Crippen LogP contribution in [0.2, 0.25) is 0 Å². The maximum atomic E-state index is 11.4. The summed E-state index contributed by atoms with van der Waals surface area (Å²) in [6, 6.07) is 1.96. The minimum atomic E-state index is -2.91. The van der Waals surface area contributed by atoms with Gasteiger partial charge in [-0.15, -0.1) is 0 Å². The molecule has 0 amide bonds. The number of nitrogens with zero attached hydrogens (tertiary/aromatic N) is 2. The van der Waals surface area contributed by atoms with Crippen LogP contribution in [0.4, 0.5) is 5.69 Å². The number of sulfone groups is 1. The lowest BCUT2D eigenvalue weighted by atomic mass is 10.3. The molecule has 2 rings (SSSR count). The van der Waals surface area contributed by atoms with E-state index in [0.29, 0.717) is 18.8 Å². The molecule has 1 fully saturated rings. The molecule has 0 radical (unpaired) electrons. The molecule has 2 heterocycles. The van der Waals surface area contributed by atoms with Gasteiger partial charge in [-0.1, -0.05) is 6.92 Å². The Balaban J connectivity index is 1.83. The quantitative estimate of drug-likeness (QED) is 0.747. The van der Waals surface area contributed by atoms with E-state index >= 15 is 0 Å². The predicted molar refractivity (Wildman–Crippen MR) is 83.8 cm³/mol. The second-order valence-electron chi connectivity index (χ2n) is 5.05. The summed E-state index contributed by atoms with van der Waals surface area (Å²) >= 11 is 0.